The molecule has 0 radical (unpaired) electrons. The van der Waals surface area contributed by atoms with E-state index in [-0.39, 0.29) is 37.8 Å². The lowest BCUT2D eigenvalue weighted by atomic mass is 10.2. The first kappa shape index (κ1) is 30.0. The third kappa shape index (κ3) is 12.7. The maximum atomic E-state index is 13.0. The number of thiol groups is 1. The van der Waals surface area contributed by atoms with Gasteiger partial charge in [0.25, 0.3) is 0 Å². The highest BCUT2D eigenvalue weighted by molar-refractivity contribution is 7.80. The Morgan fingerprint density at radius 3 is 1.53 bits per heavy atom. The van der Waals surface area contributed by atoms with Gasteiger partial charge in [0.05, 0.1) is 0 Å². The fraction of sp³-hybridized carbons (Fsp3) is 0.810. The van der Waals surface area contributed by atoms with E-state index in [4.69, 9.17) is 14.2 Å². The lowest BCUT2D eigenvalue weighted by Crippen LogP contribution is -2.53. The monoisotopic (exact) mass is 477 g/mol. The predicted octanol–water partition coefficient (Wildman–Crippen LogP) is 4.06. The summed E-state index contributed by atoms with van der Waals surface area (Å²) < 4.78 is 16.1. The molecule has 3 amide bonds. The molecule has 0 aromatic heterocycles. The predicted molar refractivity (Wildman–Crippen MR) is 125 cm³/mol. The summed E-state index contributed by atoms with van der Waals surface area (Å²) in [6.07, 6.45) is -2.53. The molecule has 0 aromatic rings. The number of hydrogen-bond acceptors (Lipinski definition) is 8. The summed E-state index contributed by atoms with van der Waals surface area (Å²) in [6.45, 7) is 14.8. The average molecular weight is 478 g/mol. The minimum absolute atomic E-state index is 0.0158. The second kappa shape index (κ2) is 12.3. The second-order valence-electron chi connectivity index (χ2n) is 9.96. The van der Waals surface area contributed by atoms with Crippen LogP contribution in [0.2, 0.25) is 0 Å². The molecule has 0 saturated heterocycles. The molecule has 186 valence electrons. The van der Waals surface area contributed by atoms with E-state index in [1.165, 1.54) is 0 Å². The minimum Gasteiger partial charge on any atom is -0.443 e. The van der Waals surface area contributed by atoms with Crippen LogP contribution in [0, 0.1) is 0 Å². The molecule has 10 nitrogen and oxygen atoms in total. The van der Waals surface area contributed by atoms with Crippen LogP contribution in [0.25, 0.3) is 0 Å². The van der Waals surface area contributed by atoms with Crippen molar-refractivity contribution in [3.63, 3.8) is 0 Å². The van der Waals surface area contributed by atoms with E-state index in [1.54, 1.807) is 62.3 Å². The fourth-order valence-electron chi connectivity index (χ4n) is 2.14. The van der Waals surface area contributed by atoms with Gasteiger partial charge in [-0.15, -0.1) is 4.99 Å². The summed E-state index contributed by atoms with van der Waals surface area (Å²) in [7, 11) is 0. The number of amides is 3. The van der Waals surface area contributed by atoms with Crippen LogP contribution in [-0.2, 0) is 14.2 Å². The molecule has 0 aromatic carbocycles. The molecule has 0 aliphatic heterocycles. The van der Waals surface area contributed by atoms with Gasteiger partial charge in [-0.05, 0) is 68.7 Å². The molecule has 0 saturated carbocycles. The Bertz CT molecular complexity index is 676. The topological polar surface area (TPSA) is 118 Å². The molecule has 1 N–H and O–H groups in total. The first-order valence-corrected chi connectivity index (χ1v) is 11.1. The second-order valence-corrected chi connectivity index (χ2v) is 10.4. The van der Waals surface area contributed by atoms with Gasteiger partial charge in [-0.3, -0.25) is 0 Å². The molecule has 0 aliphatic carbocycles. The molecule has 0 unspecified atom stereocenters. The third-order valence-corrected chi connectivity index (χ3v) is 3.36. The van der Waals surface area contributed by atoms with Crippen LogP contribution < -0.4 is 0 Å². The fourth-order valence-corrected chi connectivity index (χ4v) is 2.34. The summed E-state index contributed by atoms with van der Waals surface area (Å²) in [5.74, 6) is -0.139. The van der Waals surface area contributed by atoms with Gasteiger partial charge < -0.3 is 19.3 Å². The van der Waals surface area contributed by atoms with Crippen molar-refractivity contribution in [2.45, 2.75) is 85.5 Å². The first-order valence-electron chi connectivity index (χ1n) is 10.4. The summed E-state index contributed by atoms with van der Waals surface area (Å²) in [5.41, 5.74) is -2.55. The van der Waals surface area contributed by atoms with Gasteiger partial charge in [-0.1, -0.05) is 0 Å². The van der Waals surface area contributed by atoms with Gasteiger partial charge in [-0.2, -0.15) is 12.6 Å². The molecule has 0 bridgehead atoms. The van der Waals surface area contributed by atoms with Crippen molar-refractivity contribution in [3.05, 3.63) is 0 Å². The number of aliphatic hydroxyl groups is 1. The molecule has 0 heterocycles. The van der Waals surface area contributed by atoms with Gasteiger partial charge >= 0.3 is 18.3 Å². The highest BCUT2D eigenvalue weighted by atomic mass is 32.1. The van der Waals surface area contributed by atoms with E-state index in [9.17, 15) is 19.5 Å². The molecule has 11 heteroatoms. The number of aliphatic imine (C=N–C) groups is 1. The Morgan fingerprint density at radius 2 is 1.19 bits per heavy atom. The van der Waals surface area contributed by atoms with E-state index < -0.39 is 35.1 Å². The Hall–Kier alpha value is -2.01. The number of nitrogens with zero attached hydrogens (tertiary/aromatic N) is 3. The molecule has 0 rings (SSSR count). The van der Waals surface area contributed by atoms with Gasteiger partial charge in [0.2, 0.25) is 5.96 Å². The standard InChI is InChI=1S/C21H39N3O7S/c1-19(2,3)29-16(26)22-15(24(12-14-32)18(28)31-21(7,8)9)23(11-10-13-25)17(27)30-20(4,5)6/h25,32H,10-14H2,1-9H3/b22-15+. The SMILES string of the molecule is CC(C)(C)OC(=O)/N=C(/N(CCS)C(=O)OC(C)(C)C)N(CCCO)C(=O)OC(C)(C)C. The van der Waals surface area contributed by atoms with Crippen molar-refractivity contribution < 1.29 is 33.7 Å². The normalized spacial score (nSPS) is 12.8. The van der Waals surface area contributed by atoms with Crippen molar-refractivity contribution in [2.75, 3.05) is 25.4 Å². The smallest absolute Gasteiger partial charge is 0.437 e. The number of carbonyl (C=O) groups excluding carboxylic acids is 3. The Morgan fingerprint density at radius 1 is 0.781 bits per heavy atom. The molecule has 0 aliphatic rings. The van der Waals surface area contributed by atoms with Crippen molar-refractivity contribution in [1.29, 1.82) is 0 Å². The largest absolute Gasteiger partial charge is 0.443 e. The first-order chi connectivity index (χ1) is 14.4. The Balaban J connectivity index is 6.50. The van der Waals surface area contributed by atoms with E-state index in [1.807, 2.05) is 0 Å². The molecule has 0 spiro atoms. The quantitative estimate of drug-likeness (QED) is 0.265. The number of ether oxygens (including phenoxy) is 3. The number of carbonyl (C=O) groups is 3. The molecular weight excluding hydrogens is 438 g/mol. The lowest BCUT2D eigenvalue weighted by Gasteiger charge is -2.33. The number of guanidine groups is 1. The zero-order chi connectivity index (χ0) is 25.3. The van der Waals surface area contributed by atoms with Crippen molar-refractivity contribution in [2.24, 2.45) is 4.99 Å². The number of rotatable bonds is 5. The van der Waals surface area contributed by atoms with Crippen molar-refractivity contribution in [1.82, 2.24) is 9.80 Å². The third-order valence-electron chi connectivity index (χ3n) is 3.16. The van der Waals surface area contributed by atoms with E-state index >= 15 is 0 Å². The highest BCUT2D eigenvalue weighted by Crippen LogP contribution is 2.17. The van der Waals surface area contributed by atoms with E-state index in [2.05, 4.69) is 17.6 Å². The summed E-state index contributed by atoms with van der Waals surface area (Å²) in [4.78, 5) is 44.4. The lowest BCUT2D eigenvalue weighted by molar-refractivity contribution is 0.0277. The molecular formula is C21H39N3O7S. The van der Waals surface area contributed by atoms with Crippen LogP contribution in [-0.4, -0.2) is 81.4 Å². The summed E-state index contributed by atoms with van der Waals surface area (Å²) in [5, 5.41) is 9.32. The van der Waals surface area contributed by atoms with E-state index in [0.29, 0.717) is 0 Å². The van der Waals surface area contributed by atoms with Crippen LogP contribution in [0.15, 0.2) is 4.99 Å². The summed E-state index contributed by atoms with van der Waals surface area (Å²) in [6, 6.07) is 0. The average Bonchev–Trinajstić information content (AvgIpc) is 2.54. The highest BCUT2D eigenvalue weighted by Gasteiger charge is 2.35. The zero-order valence-corrected chi connectivity index (χ0v) is 21.6. The van der Waals surface area contributed by atoms with Gasteiger partial charge in [0, 0.05) is 25.4 Å². The molecule has 0 atom stereocenters. The van der Waals surface area contributed by atoms with Crippen LogP contribution in [0.5, 0.6) is 0 Å². The van der Waals surface area contributed by atoms with Gasteiger partial charge in [0.1, 0.15) is 16.8 Å². The Labute approximate surface area is 196 Å². The zero-order valence-electron chi connectivity index (χ0n) is 20.7. The number of aliphatic hydroxyl groups excluding tert-OH is 1. The van der Waals surface area contributed by atoms with Gasteiger partial charge in [0.15, 0.2) is 0 Å². The van der Waals surface area contributed by atoms with Crippen LogP contribution in [0.1, 0.15) is 68.7 Å². The Kier molecular flexibility index (Phi) is 11.5. The van der Waals surface area contributed by atoms with E-state index in [0.717, 1.165) is 9.80 Å². The maximum absolute atomic E-state index is 13.0. The minimum atomic E-state index is -1.00. The maximum Gasteiger partial charge on any atom is 0.437 e. The van der Waals surface area contributed by atoms with Crippen LogP contribution >= 0.6 is 12.6 Å². The van der Waals surface area contributed by atoms with Crippen molar-refractivity contribution in [3.8, 4) is 0 Å². The summed E-state index contributed by atoms with van der Waals surface area (Å²) >= 11 is 4.18. The number of hydrogen-bond donors (Lipinski definition) is 2. The van der Waals surface area contributed by atoms with Crippen molar-refractivity contribution >= 4 is 36.9 Å². The van der Waals surface area contributed by atoms with Gasteiger partial charge in [-0.25, -0.2) is 24.2 Å². The molecule has 0 fully saturated rings. The van der Waals surface area contributed by atoms with Crippen LogP contribution in [0.3, 0.4) is 0 Å². The molecule has 32 heavy (non-hydrogen) atoms. The van der Waals surface area contributed by atoms with Crippen LogP contribution in [0.4, 0.5) is 14.4 Å².